The second-order valence-corrected chi connectivity index (χ2v) is 11.0. The lowest BCUT2D eigenvalue weighted by atomic mass is 10.0. The molecule has 2 aromatic carbocycles. The number of amides is 1. The summed E-state index contributed by atoms with van der Waals surface area (Å²) in [4.78, 5) is 25.8. The molecule has 1 aromatic heterocycles. The van der Waals surface area contributed by atoms with E-state index in [-0.39, 0.29) is 43.4 Å². The van der Waals surface area contributed by atoms with Crippen molar-refractivity contribution in [2.75, 3.05) is 4.90 Å². The molecule has 2 heterocycles. The monoisotopic (exact) mass is 558 g/mol. The zero-order chi connectivity index (χ0) is 26.6. The van der Waals surface area contributed by atoms with Crippen molar-refractivity contribution >= 4 is 40.8 Å². The Morgan fingerprint density at radius 3 is 2.61 bits per heavy atom. The van der Waals surface area contributed by atoms with Crippen molar-refractivity contribution in [1.29, 1.82) is 0 Å². The zero-order valence-corrected chi connectivity index (χ0v) is 21.8. The lowest BCUT2D eigenvalue weighted by Gasteiger charge is -2.31. The van der Waals surface area contributed by atoms with Crippen LogP contribution in [0.5, 0.6) is 0 Å². The summed E-state index contributed by atoms with van der Waals surface area (Å²) in [6, 6.07) is 9.76. The van der Waals surface area contributed by atoms with Crippen LogP contribution in [0.3, 0.4) is 0 Å². The van der Waals surface area contributed by atoms with Crippen LogP contribution in [0.4, 0.5) is 10.1 Å². The van der Waals surface area contributed by atoms with E-state index < -0.39 is 11.8 Å². The minimum Gasteiger partial charge on any atom is -0.481 e. The molecule has 7 nitrogen and oxygen atoms in total. The first-order chi connectivity index (χ1) is 18.3. The summed E-state index contributed by atoms with van der Waals surface area (Å²) in [5, 5.41) is 14.1. The van der Waals surface area contributed by atoms with Crippen molar-refractivity contribution in [2.24, 2.45) is 5.92 Å². The van der Waals surface area contributed by atoms with Gasteiger partial charge in [0.25, 0.3) is 0 Å². The molecule has 0 spiro atoms. The van der Waals surface area contributed by atoms with Crippen molar-refractivity contribution in [1.82, 2.24) is 5.16 Å². The van der Waals surface area contributed by atoms with Crippen LogP contribution in [0.2, 0.25) is 10.0 Å². The maximum atomic E-state index is 14.6. The van der Waals surface area contributed by atoms with Crippen LogP contribution in [0.1, 0.15) is 54.9 Å². The maximum Gasteiger partial charge on any atom is 0.303 e. The van der Waals surface area contributed by atoms with E-state index in [4.69, 9.17) is 37.6 Å². The minimum atomic E-state index is -0.982. The molecule has 3 atom stereocenters. The number of hydrogen-bond donors (Lipinski definition) is 1. The van der Waals surface area contributed by atoms with Crippen LogP contribution in [-0.4, -0.2) is 34.3 Å². The molecule has 1 aliphatic heterocycles. The number of anilines is 1. The molecule has 0 radical (unpaired) electrons. The number of carboxylic acid groups (broad SMARTS) is 1. The molecule has 198 valence electrons. The predicted molar refractivity (Wildman–Crippen MR) is 139 cm³/mol. The Morgan fingerprint density at radius 2 is 1.95 bits per heavy atom. The molecule has 2 bridgehead atoms. The smallest absolute Gasteiger partial charge is 0.303 e. The topological polar surface area (TPSA) is 92.9 Å². The first-order valence-corrected chi connectivity index (χ1v) is 13.4. The number of aromatic nitrogens is 1. The highest BCUT2D eigenvalue weighted by Gasteiger charge is 2.52. The molecule has 1 N–H and O–H groups in total. The Hall–Kier alpha value is -2.94. The van der Waals surface area contributed by atoms with Crippen molar-refractivity contribution < 1.29 is 28.3 Å². The summed E-state index contributed by atoms with van der Waals surface area (Å²) in [5.41, 5.74) is 2.80. The van der Waals surface area contributed by atoms with Gasteiger partial charge in [-0.1, -0.05) is 40.5 Å². The molecule has 38 heavy (non-hydrogen) atoms. The number of halogens is 3. The first kappa shape index (κ1) is 25.3. The van der Waals surface area contributed by atoms with E-state index >= 15 is 0 Å². The van der Waals surface area contributed by atoms with Crippen LogP contribution in [0, 0.1) is 11.7 Å². The lowest BCUT2D eigenvalue weighted by molar-refractivity contribution is -0.137. The molecule has 2 aliphatic carbocycles. The van der Waals surface area contributed by atoms with Gasteiger partial charge < -0.3 is 19.3 Å². The van der Waals surface area contributed by atoms with Gasteiger partial charge in [0.15, 0.2) is 0 Å². The number of fused-ring (bicyclic) bond motifs is 2. The maximum absolute atomic E-state index is 14.6. The molecular formula is C28H25Cl2FN2O5. The number of aliphatic carboxylic acids is 1. The Kier molecular flexibility index (Phi) is 6.66. The minimum absolute atomic E-state index is 0.0916. The molecule has 2 saturated carbocycles. The van der Waals surface area contributed by atoms with Gasteiger partial charge in [0.05, 0.1) is 28.7 Å². The first-order valence-electron chi connectivity index (χ1n) is 12.7. The van der Waals surface area contributed by atoms with Crippen LogP contribution in [0.15, 0.2) is 40.9 Å². The lowest BCUT2D eigenvalue weighted by Crippen LogP contribution is -2.43. The Balaban J connectivity index is 1.18. The number of carbonyl (C=O) groups is 2. The summed E-state index contributed by atoms with van der Waals surface area (Å²) in [6.45, 7) is 0.223. The molecular weight excluding hydrogens is 534 g/mol. The third-order valence-corrected chi connectivity index (χ3v) is 8.36. The van der Waals surface area contributed by atoms with Crippen molar-refractivity contribution in [3.05, 3.63) is 69.1 Å². The average Bonchev–Trinajstić information content (AvgIpc) is 3.38. The Labute approximate surface area is 228 Å². The van der Waals surface area contributed by atoms with Gasteiger partial charge in [0.1, 0.15) is 17.3 Å². The fourth-order valence-corrected chi connectivity index (χ4v) is 6.27. The Bertz CT molecular complexity index is 1400. The van der Waals surface area contributed by atoms with E-state index in [1.165, 1.54) is 6.07 Å². The zero-order valence-electron chi connectivity index (χ0n) is 20.3. The predicted octanol–water partition coefficient (Wildman–Crippen LogP) is 6.39. The second kappa shape index (κ2) is 9.98. The standard InChI is InChI=1S/C28H25Cl2FN2O5/c29-20-2-1-3-21(30)25(20)26-19(27(38-32-26)15-4-5-15)13-37-23-12-17-10-18(23)28(36)33(17)16-8-6-14(22(31)11-16)7-9-24(34)35/h1-3,6,8,11,15,17-18,23H,4-5,7,9-10,12-13H2,(H,34,35)/t17-,18+,23+/m0/s1. The van der Waals surface area contributed by atoms with Crippen LogP contribution >= 0.6 is 23.2 Å². The molecule has 1 saturated heterocycles. The number of aryl methyl sites for hydroxylation is 1. The van der Waals surface area contributed by atoms with E-state index in [2.05, 4.69) is 5.16 Å². The summed E-state index contributed by atoms with van der Waals surface area (Å²) >= 11 is 12.9. The van der Waals surface area contributed by atoms with Crippen LogP contribution in [0.25, 0.3) is 11.3 Å². The Morgan fingerprint density at radius 1 is 1.18 bits per heavy atom. The molecule has 10 heteroatoms. The van der Waals surface area contributed by atoms with Crippen molar-refractivity contribution in [3.63, 3.8) is 0 Å². The average molecular weight is 559 g/mol. The molecule has 3 fully saturated rings. The molecule has 1 amide bonds. The van der Waals surface area contributed by atoms with Gasteiger partial charge in [-0.3, -0.25) is 9.59 Å². The number of piperidine rings is 1. The van der Waals surface area contributed by atoms with Gasteiger partial charge in [-0.25, -0.2) is 4.39 Å². The number of rotatable bonds is 9. The number of nitrogens with zero attached hydrogens (tertiary/aromatic N) is 2. The highest BCUT2D eigenvalue weighted by molar-refractivity contribution is 6.39. The van der Waals surface area contributed by atoms with E-state index in [0.717, 1.165) is 24.2 Å². The van der Waals surface area contributed by atoms with E-state index in [1.807, 2.05) is 0 Å². The second-order valence-electron chi connectivity index (χ2n) is 10.2. The normalized spacial score (nSPS) is 22.4. The SMILES string of the molecule is O=C(O)CCc1ccc(N2C(=O)[C@@H]3C[C@H]2C[C@H]3OCc2c(-c3c(Cl)cccc3Cl)noc2C2CC2)cc1F. The van der Waals surface area contributed by atoms with E-state index in [0.29, 0.717) is 51.3 Å². The largest absolute Gasteiger partial charge is 0.481 e. The summed E-state index contributed by atoms with van der Waals surface area (Å²) < 4.78 is 26.7. The summed E-state index contributed by atoms with van der Waals surface area (Å²) in [5.74, 6) is -0.827. The number of ether oxygens (including phenoxy) is 1. The van der Waals surface area contributed by atoms with Crippen molar-refractivity contribution in [3.8, 4) is 11.3 Å². The fraction of sp³-hybridized carbons (Fsp3) is 0.393. The molecule has 6 rings (SSSR count). The molecule has 3 aromatic rings. The number of benzene rings is 2. The van der Waals surface area contributed by atoms with Crippen LogP contribution < -0.4 is 4.90 Å². The fourth-order valence-electron chi connectivity index (χ4n) is 5.69. The van der Waals surface area contributed by atoms with Crippen molar-refractivity contribution in [2.45, 2.75) is 63.2 Å². The van der Waals surface area contributed by atoms with Gasteiger partial charge in [-0.05, 0) is 61.9 Å². The van der Waals surface area contributed by atoms with Gasteiger partial charge in [-0.2, -0.15) is 0 Å². The van der Waals surface area contributed by atoms with Crippen LogP contribution in [-0.2, 0) is 27.4 Å². The number of carbonyl (C=O) groups excluding carboxylic acids is 1. The molecule has 0 unspecified atom stereocenters. The van der Waals surface area contributed by atoms with Gasteiger partial charge in [-0.15, -0.1) is 0 Å². The number of hydrogen-bond acceptors (Lipinski definition) is 5. The third kappa shape index (κ3) is 4.59. The van der Waals surface area contributed by atoms with Gasteiger partial charge >= 0.3 is 5.97 Å². The molecule has 3 aliphatic rings. The summed E-state index contributed by atoms with van der Waals surface area (Å²) in [6.07, 6.45) is 2.97. The quantitative estimate of drug-likeness (QED) is 0.327. The summed E-state index contributed by atoms with van der Waals surface area (Å²) in [7, 11) is 0. The van der Waals surface area contributed by atoms with E-state index in [1.54, 1.807) is 35.2 Å². The highest BCUT2D eigenvalue weighted by atomic mass is 35.5. The third-order valence-electron chi connectivity index (χ3n) is 7.73. The highest BCUT2D eigenvalue weighted by Crippen LogP contribution is 2.47. The van der Waals surface area contributed by atoms with E-state index in [9.17, 15) is 14.0 Å². The van der Waals surface area contributed by atoms with Gasteiger partial charge in [0.2, 0.25) is 5.91 Å². The number of carboxylic acids is 1. The van der Waals surface area contributed by atoms with Gasteiger partial charge in [0, 0.05) is 35.2 Å².